The normalized spacial score (nSPS) is 13.5. The van der Waals surface area contributed by atoms with Crippen molar-refractivity contribution in [1.29, 1.82) is 0 Å². The molecule has 1 heterocycles. The first kappa shape index (κ1) is 75.9. The van der Waals surface area contributed by atoms with Crippen molar-refractivity contribution in [2.24, 2.45) is 0 Å². The monoisotopic (exact) mass is 1800 g/mol. The van der Waals surface area contributed by atoms with Crippen LogP contribution in [0.2, 0.25) is 0 Å². The van der Waals surface area contributed by atoms with Gasteiger partial charge in [-0.2, -0.15) is 0 Å². The van der Waals surface area contributed by atoms with Gasteiger partial charge in [-0.25, -0.2) is 0 Å². The first-order chi connectivity index (χ1) is 49.5. The van der Waals surface area contributed by atoms with E-state index >= 15 is 0 Å². The fraction of sp³-hybridized carbons (Fsp3) is 0.250. The first-order valence-corrected chi connectivity index (χ1v) is 51.9. The summed E-state index contributed by atoms with van der Waals surface area (Å²) in [6, 6.07) is 66.3. The zero-order valence-corrected chi connectivity index (χ0v) is 77.2. The molecule has 0 spiro atoms. The minimum absolute atomic E-state index is 1.17. The van der Waals surface area contributed by atoms with Crippen LogP contribution >= 0.6 is 0 Å². The fourth-order valence-electron chi connectivity index (χ4n) is 18.4. The van der Waals surface area contributed by atoms with Gasteiger partial charge in [-0.15, -0.1) is 0 Å². The molecule has 4 nitrogen and oxygen atoms in total. The van der Waals surface area contributed by atoms with Gasteiger partial charge in [0.05, 0.1) is 0 Å². The van der Waals surface area contributed by atoms with Crippen LogP contribution in [0.4, 0.5) is 0 Å². The molecular formula is C96H100O4Sn4. The van der Waals surface area contributed by atoms with Crippen LogP contribution in [-0.2, 0) is 5.65 Å². The Bertz CT molecular complexity index is 4310. The van der Waals surface area contributed by atoms with Gasteiger partial charge in [-0.05, 0) is 0 Å². The molecule has 0 atom stereocenters. The Hall–Kier alpha value is -6.33. The van der Waals surface area contributed by atoms with Gasteiger partial charge in [0.1, 0.15) is 0 Å². The van der Waals surface area contributed by atoms with Gasteiger partial charge in [-0.1, -0.05) is 0 Å². The van der Waals surface area contributed by atoms with E-state index in [1.54, 1.807) is 0 Å². The maximum atomic E-state index is 9.23. The molecule has 1 aliphatic heterocycles. The van der Waals surface area contributed by atoms with Gasteiger partial charge in [0.15, 0.2) is 0 Å². The molecule has 12 aromatic carbocycles. The van der Waals surface area contributed by atoms with E-state index in [0.29, 0.717) is 0 Å². The third-order valence-corrected chi connectivity index (χ3v) is 64.8. The molecule has 0 bridgehead atoms. The average molecular weight is 1790 g/mol. The van der Waals surface area contributed by atoms with Crippen LogP contribution in [0.1, 0.15) is 134 Å². The molecule has 0 amide bonds. The molecule has 8 heteroatoms. The Labute approximate surface area is 654 Å². The van der Waals surface area contributed by atoms with Crippen LogP contribution in [0.3, 0.4) is 0 Å². The minimum atomic E-state index is -4.51. The van der Waals surface area contributed by atoms with Gasteiger partial charge < -0.3 is 0 Å². The molecule has 0 aromatic heterocycles. The predicted octanol–water partition coefficient (Wildman–Crippen LogP) is 22.4. The Balaban J connectivity index is 1.26. The average Bonchev–Trinajstić information content (AvgIpc) is 0.733. The Morgan fingerprint density at radius 2 is 0.250 bits per heavy atom. The second kappa shape index (κ2) is 30.7. The zero-order valence-electron chi connectivity index (χ0n) is 65.8. The van der Waals surface area contributed by atoms with Crippen molar-refractivity contribution in [3.63, 3.8) is 0 Å². The van der Waals surface area contributed by atoms with Crippen molar-refractivity contribution >= 4 is 96.7 Å². The molecule has 0 unspecified atom stereocenters. The Kier molecular flexibility index (Phi) is 22.4. The number of hydrogen-bond donors (Lipinski definition) is 0. The van der Waals surface area contributed by atoms with Crippen molar-refractivity contribution in [3.8, 4) is 89.0 Å². The molecule has 104 heavy (non-hydrogen) atoms. The van der Waals surface area contributed by atoms with Crippen molar-refractivity contribution in [2.75, 3.05) is 0 Å². The predicted molar refractivity (Wildman–Crippen MR) is 449 cm³/mol. The number of hydrogen-bond acceptors (Lipinski definition) is 4. The Morgan fingerprint density at radius 3 is 0.346 bits per heavy atom. The summed E-state index contributed by atoms with van der Waals surface area (Å²) in [6.45, 7) is 54.7. The molecule has 1 saturated heterocycles. The van der Waals surface area contributed by atoms with Crippen LogP contribution in [0.15, 0.2) is 170 Å². The van der Waals surface area contributed by atoms with Crippen molar-refractivity contribution in [3.05, 3.63) is 303 Å². The molecular weight excluding hydrogens is 1690 g/mol. The molecule has 1 aliphatic rings. The summed E-state index contributed by atoms with van der Waals surface area (Å²) in [5, 5.41) is 0. The molecule has 1 fully saturated rings. The SMILES string of the molecule is Cc1cc(C)c(-c2cccc(-c3c(C)cc(C)cc3C)[c]2[Sn]2[O][Sn]([c]3c(-c4c(C)cc(C)cc4C)cccc3-c3c(C)cc(C)cc3C)[O][Sn]([c]3c(-c4c(C)cc(C)cc4C)cccc3-c3c(C)cc(C)cc3C)[O][Sn]([c]3c(-c4c(C)cc(C)cc4C)cccc3-c3c(C)cc(C)cc3C)[O]2)c(C)c1. The summed E-state index contributed by atoms with van der Waals surface area (Å²) >= 11 is -18.0. The molecule has 0 saturated carbocycles. The second-order valence-electron chi connectivity index (χ2n) is 30.7. The second-order valence-corrected chi connectivity index (χ2v) is 60.9. The molecule has 0 N–H and O–H groups in total. The van der Waals surface area contributed by atoms with E-state index < -0.39 is 82.4 Å². The van der Waals surface area contributed by atoms with Crippen molar-refractivity contribution in [1.82, 2.24) is 0 Å². The summed E-state index contributed by atoms with van der Waals surface area (Å²) in [7, 11) is 0. The van der Waals surface area contributed by atoms with E-state index in [1.165, 1.54) is 237 Å². The van der Waals surface area contributed by atoms with Crippen LogP contribution < -0.4 is 14.3 Å². The van der Waals surface area contributed by atoms with E-state index in [0.717, 1.165) is 0 Å². The summed E-state index contributed by atoms with van der Waals surface area (Å²) in [5.41, 5.74) is 48.8. The summed E-state index contributed by atoms with van der Waals surface area (Å²) in [6.07, 6.45) is 0. The van der Waals surface area contributed by atoms with Gasteiger partial charge in [-0.3, -0.25) is 0 Å². The van der Waals surface area contributed by atoms with Crippen molar-refractivity contribution in [2.45, 2.75) is 166 Å². The Morgan fingerprint density at radius 1 is 0.154 bits per heavy atom. The van der Waals surface area contributed by atoms with E-state index in [-0.39, 0.29) is 0 Å². The third-order valence-electron chi connectivity index (χ3n) is 21.4. The van der Waals surface area contributed by atoms with Crippen LogP contribution in [0.25, 0.3) is 89.0 Å². The quantitative estimate of drug-likeness (QED) is 0.114. The van der Waals surface area contributed by atoms with Crippen LogP contribution in [0.5, 0.6) is 0 Å². The van der Waals surface area contributed by atoms with Gasteiger partial charge in [0.2, 0.25) is 0 Å². The van der Waals surface area contributed by atoms with E-state index in [4.69, 9.17) is 0 Å². The molecule has 524 valence electrons. The number of aryl methyl sites for hydroxylation is 24. The summed E-state index contributed by atoms with van der Waals surface area (Å²) in [5.74, 6) is 0. The molecule has 4 radical (unpaired) electrons. The van der Waals surface area contributed by atoms with E-state index in [2.05, 4.69) is 336 Å². The fourth-order valence-corrected chi connectivity index (χ4v) is 86.1. The van der Waals surface area contributed by atoms with Gasteiger partial charge >= 0.3 is 661 Å². The van der Waals surface area contributed by atoms with Gasteiger partial charge in [0, 0.05) is 0 Å². The van der Waals surface area contributed by atoms with Crippen LogP contribution in [-0.4, -0.2) is 82.4 Å². The number of benzene rings is 12. The third kappa shape index (κ3) is 14.7. The van der Waals surface area contributed by atoms with Gasteiger partial charge in [0.25, 0.3) is 0 Å². The first-order valence-electron chi connectivity index (χ1n) is 36.8. The standard InChI is InChI=1S/4C24H25.4O.4Sn/c4*1-15-10-17(3)23(18(4)11-15)21-8-7-9-22(14-21)24-19(5)12-16(2)13-20(24)6;;;;;;;;/h4*7-13H,1-6H3;;;;;;;;. The molecule has 12 aromatic rings. The van der Waals surface area contributed by atoms with Crippen LogP contribution in [0, 0.1) is 166 Å². The zero-order chi connectivity index (χ0) is 74.3. The number of rotatable bonds is 12. The topological polar surface area (TPSA) is 36.9 Å². The van der Waals surface area contributed by atoms with E-state index in [1.807, 2.05) is 0 Å². The van der Waals surface area contributed by atoms with E-state index in [9.17, 15) is 5.65 Å². The van der Waals surface area contributed by atoms with Crippen molar-refractivity contribution < 1.29 is 5.65 Å². The molecule has 0 aliphatic carbocycles. The summed E-state index contributed by atoms with van der Waals surface area (Å²) in [4.78, 5) is 0. The molecule has 13 rings (SSSR count). The maximum absolute atomic E-state index is 9.23. The summed E-state index contributed by atoms with van der Waals surface area (Å²) < 4.78 is 41.7.